The molecule has 6 nitrogen and oxygen atoms in total. The van der Waals surface area contributed by atoms with E-state index >= 15 is 0 Å². The van der Waals surface area contributed by atoms with E-state index < -0.39 is 17.7 Å². The second-order valence-electron chi connectivity index (χ2n) is 6.05. The molecule has 124 valence electrons. The lowest BCUT2D eigenvalue weighted by Gasteiger charge is -2.41. The number of carbonyl (C=O) groups excluding carboxylic acids is 1. The molecule has 1 aromatic carbocycles. The van der Waals surface area contributed by atoms with Crippen LogP contribution < -0.4 is 4.74 Å². The van der Waals surface area contributed by atoms with Crippen molar-refractivity contribution in [2.24, 2.45) is 0 Å². The second-order valence-corrected chi connectivity index (χ2v) is 6.05. The third-order valence-corrected chi connectivity index (χ3v) is 4.74. The van der Waals surface area contributed by atoms with Crippen LogP contribution in [0.2, 0.25) is 0 Å². The summed E-state index contributed by atoms with van der Waals surface area (Å²) in [6.45, 7) is 0.0379. The van der Waals surface area contributed by atoms with E-state index in [1.165, 1.54) is 12.0 Å². The third-order valence-electron chi connectivity index (χ3n) is 4.74. The summed E-state index contributed by atoms with van der Waals surface area (Å²) in [7, 11) is 1.50. The summed E-state index contributed by atoms with van der Waals surface area (Å²) in [6, 6.07) is 5.94. The number of amides is 1. The highest BCUT2D eigenvalue weighted by molar-refractivity contribution is 5.99. The number of ether oxygens (including phenoxy) is 2. The zero-order chi connectivity index (χ0) is 16.4. The van der Waals surface area contributed by atoms with E-state index in [0.717, 1.165) is 19.3 Å². The van der Waals surface area contributed by atoms with Crippen LogP contribution in [0.1, 0.15) is 42.5 Å². The van der Waals surface area contributed by atoms with Gasteiger partial charge in [-0.05, 0) is 37.8 Å². The summed E-state index contributed by atoms with van der Waals surface area (Å²) in [4.78, 5) is 26.2. The molecule has 1 saturated carbocycles. The number of nitrogens with zero attached hydrogens (tertiary/aromatic N) is 1. The molecule has 3 rings (SSSR count). The Kier molecular flexibility index (Phi) is 4.26. The molecule has 1 aromatic rings. The Morgan fingerprint density at radius 2 is 1.96 bits per heavy atom. The fourth-order valence-electron chi connectivity index (χ4n) is 3.61. The fraction of sp³-hybridized carbons (Fsp3) is 0.529. The molecule has 0 radical (unpaired) electrons. The van der Waals surface area contributed by atoms with Crippen LogP contribution in [0.15, 0.2) is 24.3 Å². The van der Waals surface area contributed by atoms with Gasteiger partial charge in [0.05, 0.1) is 19.3 Å². The Labute approximate surface area is 135 Å². The minimum absolute atomic E-state index is 0.0379. The molecular weight excluding hydrogens is 298 g/mol. The van der Waals surface area contributed by atoms with Crippen molar-refractivity contribution in [1.82, 2.24) is 4.90 Å². The second kappa shape index (κ2) is 6.20. The maximum Gasteiger partial charge on any atom is 0.328 e. The predicted molar refractivity (Wildman–Crippen MR) is 82.4 cm³/mol. The molecule has 6 heteroatoms. The van der Waals surface area contributed by atoms with Crippen LogP contribution in [0.25, 0.3) is 0 Å². The van der Waals surface area contributed by atoms with Crippen LogP contribution in [-0.2, 0) is 9.53 Å². The SMILES string of the molecule is COc1ccccc1C(=O)N1[C@H](C(=O)O)COC12CCCCC2. The number of carboxylic acid groups (broad SMARTS) is 1. The Balaban J connectivity index is 2.00. The molecule has 1 N–H and O–H groups in total. The van der Waals surface area contributed by atoms with Gasteiger partial charge in [-0.25, -0.2) is 4.79 Å². The molecule has 1 saturated heterocycles. The minimum Gasteiger partial charge on any atom is -0.496 e. The molecule has 1 atom stereocenters. The van der Waals surface area contributed by atoms with Crippen LogP contribution in [0.3, 0.4) is 0 Å². The molecule has 1 spiro atoms. The lowest BCUT2D eigenvalue weighted by Crippen LogP contribution is -2.54. The largest absolute Gasteiger partial charge is 0.496 e. The lowest BCUT2D eigenvalue weighted by atomic mass is 9.89. The number of benzene rings is 1. The van der Waals surface area contributed by atoms with Crippen molar-refractivity contribution in [3.05, 3.63) is 29.8 Å². The molecule has 0 aromatic heterocycles. The Morgan fingerprint density at radius 3 is 2.61 bits per heavy atom. The number of para-hydroxylation sites is 1. The average molecular weight is 319 g/mol. The van der Waals surface area contributed by atoms with E-state index in [-0.39, 0.29) is 12.5 Å². The van der Waals surface area contributed by atoms with Gasteiger partial charge in [-0.2, -0.15) is 0 Å². The van der Waals surface area contributed by atoms with Gasteiger partial charge in [0, 0.05) is 0 Å². The fourth-order valence-corrected chi connectivity index (χ4v) is 3.61. The first-order valence-electron chi connectivity index (χ1n) is 7.92. The summed E-state index contributed by atoms with van der Waals surface area (Å²) in [5.74, 6) is -0.926. The predicted octanol–water partition coefficient (Wildman–Crippen LogP) is 2.28. The van der Waals surface area contributed by atoms with Gasteiger partial charge >= 0.3 is 5.97 Å². The molecule has 0 unspecified atom stereocenters. The summed E-state index contributed by atoms with van der Waals surface area (Å²) in [5.41, 5.74) is -0.420. The number of hydrogen-bond donors (Lipinski definition) is 1. The summed E-state index contributed by atoms with van der Waals surface area (Å²) in [5, 5.41) is 9.51. The lowest BCUT2D eigenvalue weighted by molar-refractivity contribution is -0.143. The van der Waals surface area contributed by atoms with Crippen molar-refractivity contribution in [3.8, 4) is 5.75 Å². The third kappa shape index (κ3) is 2.67. The Morgan fingerprint density at radius 1 is 1.26 bits per heavy atom. The van der Waals surface area contributed by atoms with E-state index in [1.54, 1.807) is 24.3 Å². The summed E-state index contributed by atoms with van der Waals surface area (Å²) >= 11 is 0. The van der Waals surface area contributed by atoms with Gasteiger partial charge in [-0.15, -0.1) is 0 Å². The number of hydrogen-bond acceptors (Lipinski definition) is 4. The Bertz CT molecular complexity index is 609. The highest BCUT2D eigenvalue weighted by Crippen LogP contribution is 2.42. The van der Waals surface area contributed by atoms with Crippen molar-refractivity contribution >= 4 is 11.9 Å². The average Bonchev–Trinajstić information content (AvgIpc) is 2.93. The molecule has 1 heterocycles. The van der Waals surface area contributed by atoms with Crippen molar-refractivity contribution in [3.63, 3.8) is 0 Å². The smallest absolute Gasteiger partial charge is 0.328 e. The van der Waals surface area contributed by atoms with E-state index in [4.69, 9.17) is 9.47 Å². The van der Waals surface area contributed by atoms with Crippen LogP contribution >= 0.6 is 0 Å². The van der Waals surface area contributed by atoms with E-state index in [0.29, 0.717) is 24.2 Å². The van der Waals surface area contributed by atoms with Crippen molar-refractivity contribution < 1.29 is 24.2 Å². The van der Waals surface area contributed by atoms with Gasteiger partial charge in [0.2, 0.25) is 0 Å². The first kappa shape index (κ1) is 15.8. The van der Waals surface area contributed by atoms with E-state index in [1.807, 2.05) is 0 Å². The molecule has 2 aliphatic rings. The van der Waals surface area contributed by atoms with Crippen LogP contribution in [0.4, 0.5) is 0 Å². The van der Waals surface area contributed by atoms with Gasteiger partial charge in [-0.1, -0.05) is 18.6 Å². The monoisotopic (exact) mass is 319 g/mol. The highest BCUT2D eigenvalue weighted by Gasteiger charge is 2.53. The van der Waals surface area contributed by atoms with Crippen LogP contribution in [0, 0.1) is 0 Å². The van der Waals surface area contributed by atoms with Gasteiger partial charge in [-0.3, -0.25) is 9.69 Å². The molecule has 1 aliphatic heterocycles. The van der Waals surface area contributed by atoms with Gasteiger partial charge in [0.25, 0.3) is 5.91 Å². The summed E-state index contributed by atoms with van der Waals surface area (Å²) in [6.07, 6.45) is 4.30. The molecule has 0 bridgehead atoms. The Hall–Kier alpha value is -2.08. The number of rotatable bonds is 3. The zero-order valence-electron chi connectivity index (χ0n) is 13.2. The summed E-state index contributed by atoms with van der Waals surface area (Å²) < 4.78 is 11.1. The van der Waals surface area contributed by atoms with E-state index in [2.05, 4.69) is 0 Å². The first-order valence-corrected chi connectivity index (χ1v) is 7.92. The van der Waals surface area contributed by atoms with E-state index in [9.17, 15) is 14.7 Å². The normalized spacial score (nSPS) is 23.0. The van der Waals surface area contributed by atoms with Gasteiger partial charge in [0.15, 0.2) is 6.04 Å². The van der Waals surface area contributed by atoms with Crippen molar-refractivity contribution in [2.75, 3.05) is 13.7 Å². The van der Waals surface area contributed by atoms with Gasteiger partial charge < -0.3 is 14.6 Å². The molecule has 23 heavy (non-hydrogen) atoms. The van der Waals surface area contributed by atoms with Gasteiger partial charge in [0.1, 0.15) is 11.5 Å². The molecule has 1 amide bonds. The zero-order valence-corrected chi connectivity index (χ0v) is 13.2. The maximum absolute atomic E-state index is 13.1. The highest BCUT2D eigenvalue weighted by atomic mass is 16.5. The maximum atomic E-state index is 13.1. The van der Waals surface area contributed by atoms with Crippen molar-refractivity contribution in [2.45, 2.75) is 43.9 Å². The topological polar surface area (TPSA) is 76.1 Å². The number of carbonyl (C=O) groups is 2. The standard InChI is InChI=1S/C17H21NO5/c1-22-14-8-4-3-7-12(14)15(19)18-13(16(20)21)11-23-17(18)9-5-2-6-10-17/h3-4,7-8,13H,2,5-6,9-11H2,1H3,(H,20,21)/t13-/m0/s1. The van der Waals surface area contributed by atoms with Crippen molar-refractivity contribution in [1.29, 1.82) is 0 Å². The number of carboxylic acids is 1. The molecule has 1 aliphatic carbocycles. The molecule has 2 fully saturated rings. The van der Waals surface area contributed by atoms with Crippen LogP contribution in [0.5, 0.6) is 5.75 Å². The van der Waals surface area contributed by atoms with Crippen LogP contribution in [-0.4, -0.2) is 47.4 Å². The number of aliphatic carboxylic acids is 1. The first-order chi connectivity index (χ1) is 11.1. The minimum atomic E-state index is -1.03. The number of methoxy groups -OCH3 is 1. The molecular formula is C17H21NO5. The quantitative estimate of drug-likeness (QED) is 0.925.